The highest BCUT2D eigenvalue weighted by atomic mass is 16.5. The Morgan fingerprint density at radius 3 is 1.44 bits per heavy atom. The van der Waals surface area contributed by atoms with Gasteiger partial charge >= 0.3 is 5.97 Å². The maximum atomic E-state index is 12.1. The zero-order valence-electron chi connectivity index (χ0n) is 22.9. The van der Waals surface area contributed by atoms with E-state index in [-0.39, 0.29) is 11.9 Å². The van der Waals surface area contributed by atoms with Gasteiger partial charge in [-0.05, 0) is 32.2 Å². The lowest BCUT2D eigenvalue weighted by atomic mass is 10.0. The Morgan fingerprint density at radius 1 is 0.647 bits per heavy atom. The molecule has 0 spiro atoms. The highest BCUT2D eigenvalue weighted by molar-refractivity contribution is 5.84. The molecule has 5 heteroatoms. The monoisotopic (exact) mass is 482 g/mol. The zero-order valence-corrected chi connectivity index (χ0v) is 22.9. The number of amides is 1. The second kappa shape index (κ2) is 26.5. The van der Waals surface area contributed by atoms with Crippen LogP contribution in [0.4, 0.5) is 0 Å². The van der Waals surface area contributed by atoms with Crippen molar-refractivity contribution >= 4 is 11.9 Å². The molecule has 202 valence electrons. The number of unbranched alkanes of at least 4 members (excludes halogenated alkanes) is 19. The number of carbonyl (C=O) groups excluding carboxylic acids is 2. The molecule has 0 unspecified atom stereocenters. The maximum absolute atomic E-state index is 12.1. The van der Waals surface area contributed by atoms with Crippen molar-refractivity contribution in [1.29, 1.82) is 0 Å². The van der Waals surface area contributed by atoms with Gasteiger partial charge in [-0.3, -0.25) is 4.79 Å². The van der Waals surface area contributed by atoms with Gasteiger partial charge in [0.25, 0.3) is 0 Å². The number of ether oxygens (including phenoxy) is 1. The molecule has 0 saturated heterocycles. The fraction of sp³-hybridized carbons (Fsp3) is 0.931. The summed E-state index contributed by atoms with van der Waals surface area (Å²) < 4.78 is 4.80. The Bertz CT molecular complexity index is 457. The van der Waals surface area contributed by atoms with E-state index in [0.717, 1.165) is 25.7 Å². The summed E-state index contributed by atoms with van der Waals surface area (Å²) in [7, 11) is 1.36. The predicted molar refractivity (Wildman–Crippen MR) is 145 cm³/mol. The van der Waals surface area contributed by atoms with Crippen LogP contribution in [-0.4, -0.2) is 31.6 Å². The van der Waals surface area contributed by atoms with Crippen LogP contribution in [0.3, 0.4) is 0 Å². The third-order valence-corrected chi connectivity index (χ3v) is 6.78. The largest absolute Gasteiger partial charge is 0.467 e. The summed E-state index contributed by atoms with van der Waals surface area (Å²) in [6.45, 7) is 2.88. The van der Waals surface area contributed by atoms with Crippen molar-refractivity contribution in [2.75, 3.05) is 13.7 Å². The molecule has 0 aliphatic carbocycles. The molecule has 0 rings (SSSR count). The first-order chi connectivity index (χ1) is 16.7. The Hall–Kier alpha value is -1.10. The number of methoxy groups -OCH3 is 1. The minimum atomic E-state index is -0.538. The lowest BCUT2D eigenvalue weighted by molar-refractivity contribution is -0.145. The van der Waals surface area contributed by atoms with E-state index in [9.17, 15) is 9.59 Å². The average Bonchev–Trinajstić information content (AvgIpc) is 2.84. The number of carbonyl (C=O) groups is 2. The number of rotatable bonds is 26. The Kier molecular flexibility index (Phi) is 25.6. The first kappa shape index (κ1) is 32.9. The van der Waals surface area contributed by atoms with E-state index in [4.69, 9.17) is 10.5 Å². The second-order valence-corrected chi connectivity index (χ2v) is 10.0. The molecule has 0 fully saturated rings. The first-order valence-corrected chi connectivity index (χ1v) is 14.7. The van der Waals surface area contributed by atoms with Crippen molar-refractivity contribution < 1.29 is 14.3 Å². The molecule has 0 aromatic heterocycles. The molecule has 1 amide bonds. The molecular formula is C29H58N2O3. The molecule has 0 bridgehead atoms. The molecule has 0 aromatic rings. The van der Waals surface area contributed by atoms with Crippen LogP contribution in [0.5, 0.6) is 0 Å². The first-order valence-electron chi connectivity index (χ1n) is 14.7. The third-order valence-electron chi connectivity index (χ3n) is 6.78. The van der Waals surface area contributed by atoms with Crippen LogP contribution in [-0.2, 0) is 14.3 Å². The molecule has 0 saturated carbocycles. The summed E-state index contributed by atoms with van der Waals surface area (Å²) in [6, 6.07) is -0.538. The Balaban J connectivity index is 3.42. The number of nitrogens with one attached hydrogen (secondary N) is 1. The Morgan fingerprint density at radius 2 is 1.06 bits per heavy atom. The van der Waals surface area contributed by atoms with Gasteiger partial charge in [-0.15, -0.1) is 0 Å². The van der Waals surface area contributed by atoms with E-state index in [1.165, 1.54) is 116 Å². The van der Waals surface area contributed by atoms with Gasteiger partial charge in [0.15, 0.2) is 0 Å². The van der Waals surface area contributed by atoms with Crippen LogP contribution < -0.4 is 11.1 Å². The van der Waals surface area contributed by atoms with Crippen molar-refractivity contribution in [3.8, 4) is 0 Å². The minimum absolute atomic E-state index is 0.0462. The molecule has 0 radical (unpaired) electrons. The Labute approximate surface area is 211 Å². The molecule has 0 heterocycles. The van der Waals surface area contributed by atoms with Crippen LogP contribution in [0.25, 0.3) is 0 Å². The van der Waals surface area contributed by atoms with E-state index in [1.807, 2.05) is 0 Å². The van der Waals surface area contributed by atoms with Gasteiger partial charge < -0.3 is 15.8 Å². The van der Waals surface area contributed by atoms with Crippen molar-refractivity contribution in [2.45, 2.75) is 161 Å². The van der Waals surface area contributed by atoms with Crippen molar-refractivity contribution in [2.24, 2.45) is 5.73 Å². The predicted octanol–water partition coefficient (Wildman–Crippen LogP) is 7.60. The van der Waals surface area contributed by atoms with Crippen molar-refractivity contribution in [1.82, 2.24) is 5.32 Å². The topological polar surface area (TPSA) is 81.4 Å². The van der Waals surface area contributed by atoms with Gasteiger partial charge in [0.05, 0.1) is 7.11 Å². The number of esters is 1. The van der Waals surface area contributed by atoms with Gasteiger partial charge in [-0.2, -0.15) is 0 Å². The fourth-order valence-electron chi connectivity index (χ4n) is 4.51. The standard InChI is InChI=1S/C29H58N2O3/c1-3-4-5-6-7-8-9-10-11-12-13-14-15-16-17-18-19-20-21-25-28(32)31-27(29(33)34-2)24-22-23-26-30/h27H,3-26,30H2,1-2H3,(H,31,32)/t27-/m0/s1. The molecule has 5 nitrogen and oxygen atoms in total. The second-order valence-electron chi connectivity index (χ2n) is 10.0. The van der Waals surface area contributed by atoms with E-state index >= 15 is 0 Å². The summed E-state index contributed by atoms with van der Waals surface area (Å²) >= 11 is 0. The van der Waals surface area contributed by atoms with Crippen molar-refractivity contribution in [3.05, 3.63) is 0 Å². The molecule has 1 atom stereocenters. The zero-order chi connectivity index (χ0) is 25.1. The van der Waals surface area contributed by atoms with Crippen LogP contribution in [0.2, 0.25) is 0 Å². The van der Waals surface area contributed by atoms with Gasteiger partial charge in [-0.1, -0.05) is 122 Å². The van der Waals surface area contributed by atoms with Gasteiger partial charge in [0, 0.05) is 6.42 Å². The molecule has 3 N–H and O–H groups in total. The van der Waals surface area contributed by atoms with E-state index in [2.05, 4.69) is 12.2 Å². The number of hydrogen-bond acceptors (Lipinski definition) is 4. The van der Waals surface area contributed by atoms with Gasteiger partial charge in [0.1, 0.15) is 6.04 Å². The lowest BCUT2D eigenvalue weighted by Crippen LogP contribution is -2.41. The third kappa shape index (κ3) is 22.7. The summed E-state index contributed by atoms with van der Waals surface area (Å²) in [5, 5.41) is 2.83. The van der Waals surface area contributed by atoms with E-state index in [0.29, 0.717) is 19.4 Å². The number of nitrogens with two attached hydrogens (primary N) is 1. The van der Waals surface area contributed by atoms with Gasteiger partial charge in [0.2, 0.25) is 5.91 Å². The summed E-state index contributed by atoms with van der Waals surface area (Å²) in [4.78, 5) is 24.0. The summed E-state index contributed by atoms with van der Waals surface area (Å²) in [6.07, 6.45) is 28.3. The maximum Gasteiger partial charge on any atom is 0.328 e. The van der Waals surface area contributed by atoms with Crippen molar-refractivity contribution in [3.63, 3.8) is 0 Å². The highest BCUT2D eigenvalue weighted by Gasteiger charge is 2.20. The van der Waals surface area contributed by atoms with Crippen LogP contribution in [0.1, 0.15) is 155 Å². The molecule has 34 heavy (non-hydrogen) atoms. The van der Waals surface area contributed by atoms with Gasteiger partial charge in [-0.25, -0.2) is 4.79 Å². The fourth-order valence-corrected chi connectivity index (χ4v) is 4.51. The molecule has 0 aromatic carbocycles. The summed E-state index contributed by atoms with van der Waals surface area (Å²) in [5.74, 6) is -0.409. The van der Waals surface area contributed by atoms with E-state index < -0.39 is 6.04 Å². The quantitative estimate of drug-likeness (QED) is 0.0982. The van der Waals surface area contributed by atoms with Crippen LogP contribution in [0.15, 0.2) is 0 Å². The highest BCUT2D eigenvalue weighted by Crippen LogP contribution is 2.15. The molecular weight excluding hydrogens is 424 g/mol. The summed E-state index contributed by atoms with van der Waals surface area (Å²) in [5.41, 5.74) is 5.50. The van der Waals surface area contributed by atoms with Crippen LogP contribution in [0, 0.1) is 0 Å². The average molecular weight is 483 g/mol. The smallest absolute Gasteiger partial charge is 0.328 e. The SMILES string of the molecule is CCCCCCCCCCCCCCCCCCCCCC(=O)N[C@@H](CCCCN)C(=O)OC. The number of hydrogen-bond donors (Lipinski definition) is 2. The minimum Gasteiger partial charge on any atom is -0.467 e. The molecule has 0 aliphatic rings. The molecule has 0 aliphatic heterocycles. The van der Waals surface area contributed by atoms with Crippen LogP contribution >= 0.6 is 0 Å². The van der Waals surface area contributed by atoms with E-state index in [1.54, 1.807) is 0 Å². The lowest BCUT2D eigenvalue weighted by Gasteiger charge is -2.16. The normalized spacial score (nSPS) is 12.0.